The van der Waals surface area contributed by atoms with E-state index in [0.717, 1.165) is 16.2 Å². The lowest BCUT2D eigenvalue weighted by molar-refractivity contribution is 0.0960. The molecule has 0 saturated heterocycles. The van der Waals surface area contributed by atoms with Gasteiger partial charge in [0.2, 0.25) is 0 Å². The summed E-state index contributed by atoms with van der Waals surface area (Å²) in [6.07, 6.45) is 0.0910. The van der Waals surface area contributed by atoms with Crippen LogP contribution in [0.1, 0.15) is 15.9 Å². The van der Waals surface area contributed by atoms with Gasteiger partial charge in [-0.25, -0.2) is 0 Å². The van der Waals surface area contributed by atoms with Gasteiger partial charge in [0, 0.05) is 16.2 Å². The second-order valence-corrected chi connectivity index (χ2v) is 8.77. The van der Waals surface area contributed by atoms with Crippen LogP contribution in [0.3, 0.4) is 0 Å². The van der Waals surface area contributed by atoms with E-state index in [4.69, 9.17) is 0 Å². The topological polar surface area (TPSA) is 46.2 Å². The van der Waals surface area contributed by atoms with Gasteiger partial charge >= 0.3 is 0 Å². The molecule has 0 fully saturated rings. The molecule has 3 rings (SSSR count). The molecule has 4 heteroatoms. The van der Waals surface area contributed by atoms with Crippen molar-refractivity contribution in [3.8, 4) is 0 Å². The van der Waals surface area contributed by atoms with Crippen LogP contribution in [0.25, 0.3) is 0 Å². The Bertz CT molecular complexity index is 847. The van der Waals surface area contributed by atoms with Crippen LogP contribution in [0.2, 0.25) is 0 Å². The van der Waals surface area contributed by atoms with Crippen molar-refractivity contribution in [2.75, 3.05) is 6.29 Å². The van der Waals surface area contributed by atoms with Crippen LogP contribution < -0.4 is 15.9 Å². The van der Waals surface area contributed by atoms with Crippen LogP contribution in [-0.2, 0) is 4.57 Å². The molecule has 0 heterocycles. The van der Waals surface area contributed by atoms with Crippen LogP contribution in [0.15, 0.2) is 84.9 Å². The van der Waals surface area contributed by atoms with Gasteiger partial charge in [-0.2, -0.15) is 0 Å². The highest BCUT2D eigenvalue weighted by molar-refractivity contribution is 7.78. The molecule has 0 unspecified atom stereocenters. The summed E-state index contributed by atoms with van der Waals surface area (Å²) < 4.78 is 13.8. The number of nitrogens with one attached hydrogen (secondary N) is 1. The van der Waals surface area contributed by atoms with Crippen LogP contribution in [0, 0.1) is 6.92 Å². The van der Waals surface area contributed by atoms with Gasteiger partial charge in [0.25, 0.3) is 5.91 Å². The van der Waals surface area contributed by atoms with E-state index >= 15 is 0 Å². The normalized spacial score (nSPS) is 11.1. The number of carbonyl (C=O) groups is 1. The molecule has 0 saturated carbocycles. The van der Waals surface area contributed by atoms with Crippen LogP contribution >= 0.6 is 7.14 Å². The predicted molar refractivity (Wildman–Crippen MR) is 103 cm³/mol. The molecule has 3 nitrogen and oxygen atoms in total. The smallest absolute Gasteiger partial charge is 0.251 e. The van der Waals surface area contributed by atoms with Gasteiger partial charge in [0.05, 0.1) is 6.29 Å². The third-order valence-electron chi connectivity index (χ3n) is 4.12. The molecular formula is C21H20NO2P. The van der Waals surface area contributed by atoms with Crippen molar-refractivity contribution < 1.29 is 9.36 Å². The standard InChI is InChI=1S/C21H20NO2P/c1-17-12-14-18(15-13-17)21(23)22-16-25(24,19-8-4-2-5-9-19)20-10-6-3-7-11-20/h2-15H,16H2,1H3,(H,22,23). The van der Waals surface area contributed by atoms with Crippen LogP contribution in [0.4, 0.5) is 0 Å². The zero-order chi connectivity index (χ0) is 17.7. The average molecular weight is 349 g/mol. The van der Waals surface area contributed by atoms with Crippen molar-refractivity contribution in [1.82, 2.24) is 5.32 Å². The Morgan fingerprint density at radius 2 is 1.28 bits per heavy atom. The highest BCUT2D eigenvalue weighted by Crippen LogP contribution is 2.41. The summed E-state index contributed by atoms with van der Waals surface area (Å²) in [5, 5.41) is 4.34. The van der Waals surface area contributed by atoms with Crippen molar-refractivity contribution in [3.63, 3.8) is 0 Å². The van der Waals surface area contributed by atoms with Crippen molar-refractivity contribution in [2.45, 2.75) is 6.92 Å². The minimum absolute atomic E-state index is 0.0910. The molecule has 0 aliphatic rings. The Hall–Kier alpha value is -2.64. The van der Waals surface area contributed by atoms with Gasteiger partial charge in [-0.3, -0.25) is 4.79 Å². The van der Waals surface area contributed by atoms with Crippen molar-refractivity contribution in [1.29, 1.82) is 0 Å². The first kappa shape index (κ1) is 17.2. The molecule has 1 N–H and O–H groups in total. The Morgan fingerprint density at radius 1 is 0.800 bits per heavy atom. The number of hydrogen-bond acceptors (Lipinski definition) is 2. The van der Waals surface area contributed by atoms with E-state index < -0.39 is 7.14 Å². The summed E-state index contributed by atoms with van der Waals surface area (Å²) >= 11 is 0. The third-order valence-corrected chi connectivity index (χ3v) is 6.99. The number of rotatable bonds is 5. The third kappa shape index (κ3) is 3.89. The highest BCUT2D eigenvalue weighted by atomic mass is 31.2. The zero-order valence-corrected chi connectivity index (χ0v) is 14.9. The van der Waals surface area contributed by atoms with Gasteiger partial charge in [0.15, 0.2) is 7.14 Å². The lowest BCUT2D eigenvalue weighted by atomic mass is 10.1. The molecule has 0 spiro atoms. The molecule has 25 heavy (non-hydrogen) atoms. The lowest BCUT2D eigenvalue weighted by Crippen LogP contribution is -2.30. The maximum absolute atomic E-state index is 13.8. The second kappa shape index (κ2) is 7.50. The van der Waals surface area contributed by atoms with E-state index in [0.29, 0.717) is 5.56 Å². The molecule has 0 aromatic heterocycles. The van der Waals surface area contributed by atoms with Gasteiger partial charge in [-0.1, -0.05) is 78.4 Å². The summed E-state index contributed by atoms with van der Waals surface area (Å²) in [5.74, 6) is -0.216. The predicted octanol–water partition coefficient (Wildman–Crippen LogP) is 3.70. The largest absolute Gasteiger partial charge is 0.344 e. The maximum Gasteiger partial charge on any atom is 0.251 e. The number of amides is 1. The maximum atomic E-state index is 13.8. The van der Waals surface area contributed by atoms with Gasteiger partial charge in [-0.15, -0.1) is 0 Å². The lowest BCUT2D eigenvalue weighted by Gasteiger charge is -2.20. The van der Waals surface area contributed by atoms with E-state index in [1.807, 2.05) is 79.7 Å². The fourth-order valence-electron chi connectivity index (χ4n) is 2.66. The molecule has 0 atom stereocenters. The summed E-state index contributed by atoms with van der Waals surface area (Å²) in [5.41, 5.74) is 1.66. The monoisotopic (exact) mass is 349 g/mol. The molecule has 1 amide bonds. The molecule has 3 aromatic rings. The molecular weight excluding hydrogens is 329 g/mol. The summed E-state index contributed by atoms with van der Waals surface area (Å²) in [6.45, 7) is 1.97. The molecule has 126 valence electrons. The Balaban J connectivity index is 1.88. The van der Waals surface area contributed by atoms with Crippen molar-refractivity contribution in [2.24, 2.45) is 0 Å². The average Bonchev–Trinajstić information content (AvgIpc) is 2.68. The Labute approximate surface area is 148 Å². The number of carbonyl (C=O) groups excluding carboxylic acids is 1. The van der Waals surface area contributed by atoms with E-state index in [1.165, 1.54) is 0 Å². The molecule has 0 aliphatic carbocycles. The quantitative estimate of drug-likeness (QED) is 0.714. The first-order chi connectivity index (χ1) is 12.1. The number of aryl methyl sites for hydroxylation is 1. The van der Waals surface area contributed by atoms with Crippen LogP contribution in [0.5, 0.6) is 0 Å². The first-order valence-electron chi connectivity index (χ1n) is 8.15. The minimum atomic E-state index is -2.94. The summed E-state index contributed by atoms with van der Waals surface area (Å²) in [7, 11) is -2.94. The highest BCUT2D eigenvalue weighted by Gasteiger charge is 2.27. The van der Waals surface area contributed by atoms with Crippen LogP contribution in [-0.4, -0.2) is 12.2 Å². The van der Waals surface area contributed by atoms with Gasteiger partial charge < -0.3 is 9.88 Å². The first-order valence-corrected chi connectivity index (χ1v) is 10.0. The molecule has 0 radical (unpaired) electrons. The van der Waals surface area contributed by atoms with E-state index in [-0.39, 0.29) is 12.2 Å². The molecule has 0 aliphatic heterocycles. The SMILES string of the molecule is Cc1ccc(C(=O)NCP(=O)(c2ccccc2)c2ccccc2)cc1. The second-order valence-electron chi connectivity index (χ2n) is 5.94. The minimum Gasteiger partial charge on any atom is -0.344 e. The van der Waals surface area contributed by atoms with Gasteiger partial charge in [-0.05, 0) is 19.1 Å². The van der Waals surface area contributed by atoms with Crippen molar-refractivity contribution >= 4 is 23.7 Å². The van der Waals surface area contributed by atoms with E-state index in [9.17, 15) is 9.36 Å². The van der Waals surface area contributed by atoms with E-state index in [2.05, 4.69) is 5.32 Å². The summed E-state index contributed by atoms with van der Waals surface area (Å²) in [6, 6.07) is 26.0. The summed E-state index contributed by atoms with van der Waals surface area (Å²) in [4.78, 5) is 12.4. The van der Waals surface area contributed by atoms with Crippen molar-refractivity contribution in [3.05, 3.63) is 96.1 Å². The fourth-order valence-corrected chi connectivity index (χ4v) is 5.00. The Morgan fingerprint density at radius 3 is 1.76 bits per heavy atom. The number of benzene rings is 3. The number of hydrogen-bond donors (Lipinski definition) is 1. The molecule has 3 aromatic carbocycles. The zero-order valence-electron chi connectivity index (χ0n) is 14.1. The van der Waals surface area contributed by atoms with Gasteiger partial charge in [0.1, 0.15) is 0 Å². The fraction of sp³-hybridized carbons (Fsp3) is 0.0952. The van der Waals surface area contributed by atoms with E-state index in [1.54, 1.807) is 12.1 Å². The Kier molecular flexibility index (Phi) is 5.16. The molecule has 0 bridgehead atoms.